The van der Waals surface area contributed by atoms with Gasteiger partial charge in [0.2, 0.25) is 5.91 Å². The molecular weight excluding hydrogens is 252 g/mol. The van der Waals surface area contributed by atoms with Crippen molar-refractivity contribution in [3.05, 3.63) is 0 Å². The molecule has 2 unspecified atom stereocenters. The van der Waals surface area contributed by atoms with Crippen molar-refractivity contribution in [3.63, 3.8) is 0 Å². The first kappa shape index (κ1) is 13.8. The summed E-state index contributed by atoms with van der Waals surface area (Å²) in [7, 11) is -2.95. The molecule has 5 nitrogen and oxygen atoms in total. The number of carbonyl (C=O) groups is 1. The Morgan fingerprint density at radius 2 is 2.22 bits per heavy atom. The summed E-state index contributed by atoms with van der Waals surface area (Å²) in [6.07, 6.45) is 2.55. The Balaban J connectivity index is 1.87. The van der Waals surface area contributed by atoms with Crippen LogP contribution in [0.4, 0.5) is 0 Å². The minimum atomic E-state index is -2.95. The maximum absolute atomic E-state index is 12.1. The lowest BCUT2D eigenvalue weighted by molar-refractivity contribution is -0.133. The fourth-order valence-electron chi connectivity index (χ4n) is 2.75. The monoisotopic (exact) mass is 274 g/mol. The van der Waals surface area contributed by atoms with Gasteiger partial charge in [0, 0.05) is 32.1 Å². The molecule has 18 heavy (non-hydrogen) atoms. The highest BCUT2D eigenvalue weighted by Gasteiger charge is 2.28. The van der Waals surface area contributed by atoms with Gasteiger partial charge in [0.25, 0.3) is 0 Å². The van der Waals surface area contributed by atoms with Crippen LogP contribution in [0.1, 0.15) is 26.2 Å². The maximum atomic E-state index is 12.1. The van der Waals surface area contributed by atoms with E-state index >= 15 is 0 Å². The Bertz CT molecular complexity index is 408. The molecule has 2 rings (SSSR count). The number of hydrogen-bond acceptors (Lipinski definition) is 4. The minimum absolute atomic E-state index is 0.0937. The van der Waals surface area contributed by atoms with Gasteiger partial charge in [-0.15, -0.1) is 0 Å². The van der Waals surface area contributed by atoms with E-state index in [1.807, 2.05) is 4.90 Å². The van der Waals surface area contributed by atoms with Crippen molar-refractivity contribution in [2.24, 2.45) is 5.92 Å². The van der Waals surface area contributed by atoms with Crippen molar-refractivity contribution >= 4 is 15.7 Å². The molecule has 0 aromatic rings. The molecular formula is C12H22N2O3S. The number of piperidine rings is 1. The number of carbonyl (C=O) groups excluding carboxylic acids is 1. The van der Waals surface area contributed by atoms with E-state index in [4.69, 9.17) is 0 Å². The van der Waals surface area contributed by atoms with Gasteiger partial charge in [0.05, 0.1) is 11.5 Å². The van der Waals surface area contributed by atoms with Crippen molar-refractivity contribution in [3.8, 4) is 0 Å². The van der Waals surface area contributed by atoms with Crippen molar-refractivity contribution < 1.29 is 13.2 Å². The van der Waals surface area contributed by atoms with Gasteiger partial charge in [0.15, 0.2) is 9.84 Å². The molecule has 0 aliphatic carbocycles. The van der Waals surface area contributed by atoms with Crippen molar-refractivity contribution in [1.29, 1.82) is 0 Å². The first-order valence-electron chi connectivity index (χ1n) is 6.68. The maximum Gasteiger partial charge on any atom is 0.224 e. The number of amides is 1. The third kappa shape index (κ3) is 3.68. The standard InChI is InChI=1S/C12H22N2O3S/c1-10-3-2-5-14(8-10)12(15)7-11-9-18(16,17)6-4-13-11/h10-11,13H,2-9H2,1H3. The quantitative estimate of drug-likeness (QED) is 0.771. The van der Waals surface area contributed by atoms with Crippen molar-refractivity contribution in [2.45, 2.75) is 32.2 Å². The van der Waals surface area contributed by atoms with E-state index in [9.17, 15) is 13.2 Å². The van der Waals surface area contributed by atoms with Crippen LogP contribution in [-0.4, -0.2) is 56.4 Å². The van der Waals surface area contributed by atoms with Gasteiger partial charge >= 0.3 is 0 Å². The molecule has 2 saturated heterocycles. The molecule has 1 amide bonds. The van der Waals surface area contributed by atoms with E-state index in [0.717, 1.165) is 19.5 Å². The van der Waals surface area contributed by atoms with Crippen LogP contribution < -0.4 is 5.32 Å². The molecule has 2 aliphatic rings. The molecule has 2 atom stereocenters. The van der Waals surface area contributed by atoms with Crippen LogP contribution in [0.3, 0.4) is 0 Å². The number of rotatable bonds is 2. The van der Waals surface area contributed by atoms with E-state index in [-0.39, 0.29) is 23.5 Å². The third-order valence-corrected chi connectivity index (χ3v) is 5.47. The zero-order chi connectivity index (χ0) is 13.2. The zero-order valence-corrected chi connectivity index (χ0v) is 11.7. The number of hydrogen-bond donors (Lipinski definition) is 1. The Kier molecular flexibility index (Phi) is 4.27. The van der Waals surface area contributed by atoms with Crippen molar-refractivity contribution in [2.75, 3.05) is 31.1 Å². The Hall–Kier alpha value is -0.620. The van der Waals surface area contributed by atoms with Crippen LogP contribution in [0.25, 0.3) is 0 Å². The lowest BCUT2D eigenvalue weighted by atomic mass is 10.00. The fourth-order valence-corrected chi connectivity index (χ4v) is 4.20. The van der Waals surface area contributed by atoms with Gasteiger partial charge in [-0.3, -0.25) is 4.79 Å². The summed E-state index contributed by atoms with van der Waals surface area (Å²) >= 11 is 0. The van der Waals surface area contributed by atoms with Gasteiger partial charge in [-0.1, -0.05) is 6.92 Å². The van der Waals surface area contributed by atoms with E-state index < -0.39 is 9.84 Å². The van der Waals surface area contributed by atoms with Crippen LogP contribution in [0.2, 0.25) is 0 Å². The van der Waals surface area contributed by atoms with Gasteiger partial charge < -0.3 is 10.2 Å². The van der Waals surface area contributed by atoms with Crippen LogP contribution in [0.15, 0.2) is 0 Å². The molecule has 2 heterocycles. The van der Waals surface area contributed by atoms with Crippen LogP contribution in [0.5, 0.6) is 0 Å². The highest BCUT2D eigenvalue weighted by atomic mass is 32.2. The molecule has 104 valence electrons. The highest BCUT2D eigenvalue weighted by Crippen LogP contribution is 2.17. The molecule has 0 saturated carbocycles. The Morgan fingerprint density at radius 3 is 2.89 bits per heavy atom. The predicted octanol–water partition coefficient (Wildman–Crippen LogP) is 0.0216. The molecule has 0 bridgehead atoms. The first-order valence-corrected chi connectivity index (χ1v) is 8.50. The van der Waals surface area contributed by atoms with E-state index in [1.165, 1.54) is 6.42 Å². The largest absolute Gasteiger partial charge is 0.342 e. The van der Waals surface area contributed by atoms with Crippen LogP contribution in [0, 0.1) is 5.92 Å². The lowest BCUT2D eigenvalue weighted by Gasteiger charge is -2.32. The zero-order valence-electron chi connectivity index (χ0n) is 10.9. The van der Waals surface area contributed by atoms with Gasteiger partial charge in [-0.25, -0.2) is 8.42 Å². The number of sulfone groups is 1. The average molecular weight is 274 g/mol. The second kappa shape index (κ2) is 5.57. The van der Waals surface area contributed by atoms with E-state index in [1.54, 1.807) is 0 Å². The molecule has 2 aliphatic heterocycles. The smallest absolute Gasteiger partial charge is 0.224 e. The molecule has 0 radical (unpaired) electrons. The number of nitrogens with zero attached hydrogens (tertiary/aromatic N) is 1. The predicted molar refractivity (Wildman–Crippen MR) is 70.0 cm³/mol. The Morgan fingerprint density at radius 1 is 1.44 bits per heavy atom. The van der Waals surface area contributed by atoms with Crippen LogP contribution in [-0.2, 0) is 14.6 Å². The Labute approximate surface area is 109 Å². The number of likely N-dealkylation sites (tertiary alicyclic amines) is 1. The summed E-state index contributed by atoms with van der Waals surface area (Å²) < 4.78 is 23.0. The molecule has 0 aromatic heterocycles. The summed E-state index contributed by atoms with van der Waals surface area (Å²) in [4.78, 5) is 14.0. The summed E-state index contributed by atoms with van der Waals surface area (Å²) in [5, 5.41) is 3.13. The molecule has 0 spiro atoms. The fraction of sp³-hybridized carbons (Fsp3) is 0.917. The highest BCUT2D eigenvalue weighted by molar-refractivity contribution is 7.91. The molecule has 1 N–H and O–H groups in total. The van der Waals surface area contributed by atoms with Crippen molar-refractivity contribution in [1.82, 2.24) is 10.2 Å². The van der Waals surface area contributed by atoms with Gasteiger partial charge in [0.1, 0.15) is 0 Å². The van der Waals surface area contributed by atoms with E-state index in [2.05, 4.69) is 12.2 Å². The molecule has 0 aromatic carbocycles. The lowest BCUT2D eigenvalue weighted by Crippen LogP contribution is -2.49. The summed E-state index contributed by atoms with van der Waals surface area (Å²) in [6, 6.07) is -0.200. The summed E-state index contributed by atoms with van der Waals surface area (Å²) in [5.74, 6) is 0.947. The third-order valence-electron chi connectivity index (χ3n) is 3.73. The first-order chi connectivity index (χ1) is 8.46. The second-order valence-electron chi connectivity index (χ2n) is 5.56. The normalized spacial score (nSPS) is 32.2. The molecule has 2 fully saturated rings. The van der Waals surface area contributed by atoms with Crippen LogP contribution >= 0.6 is 0 Å². The van der Waals surface area contributed by atoms with Gasteiger partial charge in [-0.2, -0.15) is 0 Å². The number of nitrogens with one attached hydrogen (secondary N) is 1. The van der Waals surface area contributed by atoms with Gasteiger partial charge in [-0.05, 0) is 18.8 Å². The second-order valence-corrected chi connectivity index (χ2v) is 7.79. The summed E-state index contributed by atoms with van der Waals surface area (Å²) in [5.41, 5.74) is 0. The summed E-state index contributed by atoms with van der Waals surface area (Å²) in [6.45, 7) is 4.26. The average Bonchev–Trinajstić information content (AvgIpc) is 2.27. The topological polar surface area (TPSA) is 66.5 Å². The molecule has 6 heteroatoms. The SMILES string of the molecule is CC1CCCN(C(=O)CC2CS(=O)(=O)CCN2)C1. The van der Waals surface area contributed by atoms with E-state index in [0.29, 0.717) is 18.9 Å². The minimum Gasteiger partial charge on any atom is -0.342 e.